The molecule has 0 saturated carbocycles. The predicted molar refractivity (Wildman–Crippen MR) is 339 cm³/mol. The van der Waals surface area contributed by atoms with E-state index < -0.39 is 36.9 Å². The Morgan fingerprint density at radius 1 is 0.312 bits per heavy atom. The number of nitrogens with one attached hydrogen (secondary N) is 1. The van der Waals surface area contributed by atoms with Crippen LogP contribution in [-0.4, -0.2) is 57.3 Å². The molecule has 77 heavy (non-hydrogen) atoms. The fourth-order valence-corrected chi connectivity index (χ4v) is 10.8. The van der Waals surface area contributed by atoms with E-state index in [0.29, 0.717) is 19.3 Å². The third-order valence-electron chi connectivity index (χ3n) is 16.2. The highest BCUT2D eigenvalue weighted by Gasteiger charge is 2.28. The second-order valence-electron chi connectivity index (χ2n) is 23.8. The van der Waals surface area contributed by atoms with Crippen LogP contribution in [0.3, 0.4) is 0 Å². The quantitative estimate of drug-likeness (QED) is 0.0308. The predicted octanol–water partition coefficient (Wildman–Crippen LogP) is 21.3. The van der Waals surface area contributed by atoms with E-state index in [2.05, 4.69) is 67.8 Å². The molecule has 454 valence electrons. The van der Waals surface area contributed by atoms with Crippen molar-refractivity contribution < 1.29 is 25.2 Å². The van der Waals surface area contributed by atoms with Gasteiger partial charge in [0.05, 0.1) is 18.8 Å². The van der Waals surface area contributed by atoms with Crippen LogP contribution in [-0.2, 0) is 4.79 Å². The summed E-state index contributed by atoms with van der Waals surface area (Å²) < 4.78 is 0. The third kappa shape index (κ3) is 58.7. The summed E-state index contributed by atoms with van der Waals surface area (Å²) >= 11 is 0. The summed E-state index contributed by atoms with van der Waals surface area (Å²) in [6.45, 7) is 4.08. The molecule has 0 fully saturated rings. The summed E-state index contributed by atoms with van der Waals surface area (Å²) in [5.41, 5.74) is 0. The van der Waals surface area contributed by atoms with E-state index in [1.807, 2.05) is 0 Å². The van der Waals surface area contributed by atoms with Crippen LogP contribution in [0.25, 0.3) is 0 Å². The zero-order valence-corrected chi connectivity index (χ0v) is 51.7. The van der Waals surface area contributed by atoms with Crippen LogP contribution in [0, 0.1) is 0 Å². The summed E-state index contributed by atoms with van der Waals surface area (Å²) in [7, 11) is 0. The molecule has 4 atom stereocenters. The SMILES string of the molecule is CCCCCCCCCCCC/C=C/CC/C=C/CC/C=C/CCCC(O)C(O)C(CO)NC(=O)C(O)CCCCCCCCCCCCCCCCCC/C=C\CCCCCCCCCCCCCCCCCCCC. The van der Waals surface area contributed by atoms with Gasteiger partial charge in [-0.2, -0.15) is 0 Å². The Kier molecular flexibility index (Phi) is 63.6. The first-order chi connectivity index (χ1) is 38.0. The van der Waals surface area contributed by atoms with E-state index in [9.17, 15) is 25.2 Å². The number of rotatable bonds is 64. The first-order valence-electron chi connectivity index (χ1n) is 34.5. The van der Waals surface area contributed by atoms with Gasteiger partial charge in [0.15, 0.2) is 0 Å². The van der Waals surface area contributed by atoms with Crippen LogP contribution in [0.1, 0.15) is 367 Å². The van der Waals surface area contributed by atoms with Gasteiger partial charge >= 0.3 is 0 Å². The minimum atomic E-state index is -1.30. The number of aliphatic hydroxyl groups excluding tert-OH is 4. The van der Waals surface area contributed by atoms with Crippen molar-refractivity contribution in [3.63, 3.8) is 0 Å². The Morgan fingerprint density at radius 3 is 0.818 bits per heavy atom. The average Bonchev–Trinajstić information content (AvgIpc) is 3.43. The molecule has 0 aliphatic heterocycles. The Labute approximate surface area is 480 Å². The minimum Gasteiger partial charge on any atom is -0.394 e. The van der Waals surface area contributed by atoms with Gasteiger partial charge in [-0.3, -0.25) is 4.79 Å². The normalized spacial score (nSPS) is 13.8. The third-order valence-corrected chi connectivity index (χ3v) is 16.2. The number of aliphatic hydroxyl groups is 4. The van der Waals surface area contributed by atoms with Crippen molar-refractivity contribution in [1.29, 1.82) is 0 Å². The van der Waals surface area contributed by atoms with Crippen LogP contribution < -0.4 is 5.32 Å². The maximum absolute atomic E-state index is 12.6. The lowest BCUT2D eigenvalue weighted by atomic mass is 10.00. The van der Waals surface area contributed by atoms with Crippen molar-refractivity contribution >= 4 is 5.91 Å². The van der Waals surface area contributed by atoms with Crippen molar-refractivity contribution in [2.75, 3.05) is 6.61 Å². The first-order valence-corrected chi connectivity index (χ1v) is 34.5. The molecule has 0 rings (SSSR count). The van der Waals surface area contributed by atoms with Crippen LogP contribution in [0.2, 0.25) is 0 Å². The van der Waals surface area contributed by atoms with Gasteiger partial charge in [-0.15, -0.1) is 0 Å². The number of hydrogen-bond donors (Lipinski definition) is 5. The number of carbonyl (C=O) groups excluding carboxylic acids is 1. The zero-order valence-electron chi connectivity index (χ0n) is 51.7. The number of allylic oxidation sites excluding steroid dienone is 8. The maximum Gasteiger partial charge on any atom is 0.249 e. The lowest BCUT2D eigenvalue weighted by Gasteiger charge is -2.27. The van der Waals surface area contributed by atoms with E-state index in [-0.39, 0.29) is 0 Å². The monoisotopic (exact) mass is 1080 g/mol. The van der Waals surface area contributed by atoms with E-state index >= 15 is 0 Å². The number of hydrogen-bond acceptors (Lipinski definition) is 5. The number of unbranched alkanes of at least 4 members (excludes halogenated alkanes) is 47. The van der Waals surface area contributed by atoms with Gasteiger partial charge in [0.25, 0.3) is 0 Å². The van der Waals surface area contributed by atoms with Gasteiger partial charge in [-0.25, -0.2) is 0 Å². The van der Waals surface area contributed by atoms with Crippen molar-refractivity contribution in [2.24, 2.45) is 0 Å². The van der Waals surface area contributed by atoms with Gasteiger partial charge in [-0.05, 0) is 89.9 Å². The van der Waals surface area contributed by atoms with E-state index in [0.717, 1.165) is 51.4 Å². The van der Waals surface area contributed by atoms with Gasteiger partial charge in [0, 0.05) is 0 Å². The fourth-order valence-electron chi connectivity index (χ4n) is 10.8. The number of amides is 1. The smallest absolute Gasteiger partial charge is 0.249 e. The van der Waals surface area contributed by atoms with Gasteiger partial charge in [-0.1, -0.05) is 326 Å². The lowest BCUT2D eigenvalue weighted by Crippen LogP contribution is -2.53. The maximum atomic E-state index is 12.6. The highest BCUT2D eigenvalue weighted by molar-refractivity contribution is 5.80. The highest BCUT2D eigenvalue weighted by Crippen LogP contribution is 2.19. The summed E-state index contributed by atoms with van der Waals surface area (Å²) in [5.74, 6) is -0.595. The van der Waals surface area contributed by atoms with Crippen LogP contribution in [0.4, 0.5) is 0 Å². The molecule has 0 aromatic carbocycles. The molecule has 6 heteroatoms. The topological polar surface area (TPSA) is 110 Å². The molecule has 0 aliphatic carbocycles. The van der Waals surface area contributed by atoms with Crippen molar-refractivity contribution in [2.45, 2.75) is 391 Å². The Bertz CT molecular complexity index is 1260. The van der Waals surface area contributed by atoms with Crippen molar-refractivity contribution in [3.05, 3.63) is 48.6 Å². The fraction of sp³-hybridized carbons (Fsp3) is 0.873. The summed E-state index contributed by atoms with van der Waals surface area (Å²) in [6, 6.07) is -1.01. The second kappa shape index (κ2) is 65.1. The molecule has 1 amide bonds. The molecule has 6 nitrogen and oxygen atoms in total. The summed E-state index contributed by atoms with van der Waals surface area (Å²) in [6.07, 6.45) is 85.3. The molecule has 0 aromatic heterocycles. The zero-order chi connectivity index (χ0) is 55.8. The molecule has 0 saturated heterocycles. The standard InChI is InChI=1S/C71H135NO5/c1-3-5-7-9-11-13-15-17-19-21-23-25-27-28-29-30-31-32-33-34-35-36-37-38-39-40-41-43-45-47-49-51-53-55-57-59-61-63-65-69(75)71(77)72-67(66-73)70(76)68(74)64-62-60-58-56-54-52-50-48-46-44-42-26-24-22-20-18-16-14-12-10-8-6-4-2/h26,34-35,42,48,50,56,58,67-70,73-76H,3-25,27-33,36-41,43-47,49,51-55,57,59-66H2,1-2H3,(H,72,77)/b35-34-,42-26+,50-48+,58-56+. The molecule has 0 spiro atoms. The Hall–Kier alpha value is -1.73. The van der Waals surface area contributed by atoms with Crippen molar-refractivity contribution in [3.8, 4) is 0 Å². The second-order valence-corrected chi connectivity index (χ2v) is 23.8. The van der Waals surface area contributed by atoms with Gasteiger partial charge in [0.2, 0.25) is 5.91 Å². The first kappa shape index (κ1) is 75.3. The number of carbonyl (C=O) groups is 1. The van der Waals surface area contributed by atoms with E-state index in [4.69, 9.17) is 0 Å². The molecule has 0 heterocycles. The van der Waals surface area contributed by atoms with Crippen molar-refractivity contribution in [1.82, 2.24) is 5.32 Å². The van der Waals surface area contributed by atoms with Gasteiger partial charge < -0.3 is 25.7 Å². The lowest BCUT2D eigenvalue weighted by molar-refractivity contribution is -0.132. The molecule has 0 aromatic rings. The molecular weight excluding hydrogens is 947 g/mol. The summed E-state index contributed by atoms with van der Waals surface area (Å²) in [5, 5.41) is 44.1. The molecule has 0 bridgehead atoms. The molecule has 0 aliphatic rings. The molecule has 0 radical (unpaired) electrons. The molecule has 4 unspecified atom stereocenters. The molecular formula is C71H135NO5. The largest absolute Gasteiger partial charge is 0.394 e. The Morgan fingerprint density at radius 2 is 0.545 bits per heavy atom. The average molecular weight is 1080 g/mol. The minimum absolute atomic E-state index is 0.360. The van der Waals surface area contributed by atoms with Gasteiger partial charge in [0.1, 0.15) is 12.2 Å². The van der Waals surface area contributed by atoms with Crippen LogP contribution in [0.15, 0.2) is 48.6 Å². The van der Waals surface area contributed by atoms with Crippen LogP contribution in [0.5, 0.6) is 0 Å². The highest BCUT2D eigenvalue weighted by atomic mass is 16.3. The molecule has 5 N–H and O–H groups in total. The van der Waals surface area contributed by atoms with Crippen LogP contribution >= 0.6 is 0 Å². The van der Waals surface area contributed by atoms with E-state index in [1.54, 1.807) is 0 Å². The van der Waals surface area contributed by atoms with E-state index in [1.165, 1.54) is 283 Å². The Balaban J connectivity index is 3.57. The summed E-state index contributed by atoms with van der Waals surface area (Å²) in [4.78, 5) is 12.6.